The quantitative estimate of drug-likeness (QED) is 0.447. The summed E-state index contributed by atoms with van der Waals surface area (Å²) in [6.07, 6.45) is 2.89. The van der Waals surface area contributed by atoms with Gasteiger partial charge in [-0.05, 0) is 30.7 Å². The van der Waals surface area contributed by atoms with Crippen LogP contribution >= 0.6 is 11.6 Å². The number of fused-ring (bicyclic) bond motifs is 1. The van der Waals surface area contributed by atoms with E-state index in [2.05, 4.69) is 6.92 Å². The molecule has 0 fully saturated rings. The van der Waals surface area contributed by atoms with Gasteiger partial charge in [-0.3, -0.25) is 4.79 Å². The van der Waals surface area contributed by atoms with Gasteiger partial charge in [0.15, 0.2) is 0 Å². The van der Waals surface area contributed by atoms with E-state index < -0.39 is 0 Å². The summed E-state index contributed by atoms with van der Waals surface area (Å²) in [7, 11) is 1.66. The molecule has 0 N–H and O–H groups in total. The van der Waals surface area contributed by atoms with E-state index in [1.807, 2.05) is 60.1 Å². The highest BCUT2D eigenvalue weighted by Crippen LogP contribution is 2.37. The lowest BCUT2D eigenvalue weighted by Crippen LogP contribution is -2.23. The van der Waals surface area contributed by atoms with Crippen LogP contribution in [0.25, 0.3) is 16.9 Å². The standard InChI is InChI=1S/C25H27ClN2O3/c1-4-7-16(2)25(29)31-19-14-20-21(15-19)27-28(22-8-5-6-9-23(22)30-3)24(20)17-10-12-18(26)13-11-17/h5-6,8-13,16,19H,4,7,14-15H2,1-3H3/t16?,19-/m0/s1. The summed E-state index contributed by atoms with van der Waals surface area (Å²) in [5.74, 6) is 0.542. The first kappa shape index (κ1) is 21.4. The maximum absolute atomic E-state index is 12.4. The Morgan fingerprint density at radius 3 is 2.65 bits per heavy atom. The molecule has 4 rings (SSSR count). The van der Waals surface area contributed by atoms with Crippen LogP contribution in [0.15, 0.2) is 48.5 Å². The van der Waals surface area contributed by atoms with Gasteiger partial charge in [0, 0.05) is 29.0 Å². The molecule has 5 nitrogen and oxygen atoms in total. The molecule has 0 bridgehead atoms. The Hall–Kier alpha value is -2.79. The second-order valence-electron chi connectivity index (χ2n) is 8.02. The van der Waals surface area contributed by atoms with Crippen LogP contribution < -0.4 is 4.74 Å². The number of halogens is 1. The molecule has 1 heterocycles. The van der Waals surface area contributed by atoms with Crippen LogP contribution in [0.5, 0.6) is 5.75 Å². The zero-order valence-corrected chi connectivity index (χ0v) is 18.9. The zero-order chi connectivity index (χ0) is 22.0. The van der Waals surface area contributed by atoms with E-state index in [-0.39, 0.29) is 18.0 Å². The number of aromatic nitrogens is 2. The maximum Gasteiger partial charge on any atom is 0.308 e. The minimum absolute atomic E-state index is 0.0813. The zero-order valence-electron chi connectivity index (χ0n) is 18.1. The smallest absolute Gasteiger partial charge is 0.308 e. The molecule has 1 unspecified atom stereocenters. The monoisotopic (exact) mass is 438 g/mol. The summed E-state index contributed by atoms with van der Waals surface area (Å²) in [4.78, 5) is 12.4. The van der Waals surface area contributed by atoms with Crippen LogP contribution in [-0.2, 0) is 22.4 Å². The predicted molar refractivity (Wildman–Crippen MR) is 122 cm³/mol. The lowest BCUT2D eigenvalue weighted by molar-refractivity contribution is -0.153. The first-order chi connectivity index (χ1) is 15.0. The molecule has 0 radical (unpaired) electrons. The highest BCUT2D eigenvalue weighted by atomic mass is 35.5. The van der Waals surface area contributed by atoms with Crippen LogP contribution in [0, 0.1) is 5.92 Å². The third kappa shape index (κ3) is 4.33. The third-order valence-electron chi connectivity index (χ3n) is 5.76. The van der Waals surface area contributed by atoms with E-state index in [4.69, 9.17) is 26.2 Å². The van der Waals surface area contributed by atoms with Crippen LogP contribution in [0.3, 0.4) is 0 Å². The fourth-order valence-electron chi connectivity index (χ4n) is 4.19. The molecule has 0 amide bonds. The first-order valence-corrected chi connectivity index (χ1v) is 11.1. The van der Waals surface area contributed by atoms with Crippen molar-refractivity contribution in [2.24, 2.45) is 5.92 Å². The normalized spacial score (nSPS) is 16.1. The van der Waals surface area contributed by atoms with Crippen molar-refractivity contribution < 1.29 is 14.3 Å². The number of esters is 1. The summed E-state index contributed by atoms with van der Waals surface area (Å²) in [5.41, 5.74) is 4.92. The van der Waals surface area contributed by atoms with Gasteiger partial charge in [-0.2, -0.15) is 5.10 Å². The van der Waals surface area contributed by atoms with Crippen molar-refractivity contribution in [3.63, 3.8) is 0 Å². The Kier molecular flexibility index (Phi) is 6.33. The predicted octanol–water partition coefficient (Wildman–Crippen LogP) is 5.65. The average Bonchev–Trinajstić information content (AvgIpc) is 3.31. The molecule has 3 aromatic rings. The Labute approximate surface area is 187 Å². The molecule has 0 saturated carbocycles. The van der Waals surface area contributed by atoms with Gasteiger partial charge in [-0.25, -0.2) is 4.68 Å². The van der Waals surface area contributed by atoms with Gasteiger partial charge in [0.25, 0.3) is 0 Å². The van der Waals surface area contributed by atoms with Gasteiger partial charge in [-0.1, -0.05) is 56.1 Å². The maximum atomic E-state index is 12.4. The fraction of sp³-hybridized carbons (Fsp3) is 0.360. The fourth-order valence-corrected chi connectivity index (χ4v) is 4.31. The number of nitrogens with zero attached hydrogens (tertiary/aromatic N) is 2. The average molecular weight is 439 g/mol. The van der Waals surface area contributed by atoms with Crippen LogP contribution in [0.4, 0.5) is 0 Å². The largest absolute Gasteiger partial charge is 0.494 e. The van der Waals surface area contributed by atoms with Crippen molar-refractivity contribution in [2.45, 2.75) is 45.6 Å². The number of hydrogen-bond acceptors (Lipinski definition) is 4. The molecule has 1 aromatic heterocycles. The molecule has 31 heavy (non-hydrogen) atoms. The van der Waals surface area contributed by atoms with E-state index in [0.29, 0.717) is 17.9 Å². The van der Waals surface area contributed by atoms with E-state index in [1.165, 1.54) is 0 Å². The molecule has 0 spiro atoms. The van der Waals surface area contributed by atoms with Crippen molar-refractivity contribution in [1.29, 1.82) is 0 Å². The van der Waals surface area contributed by atoms with Crippen LogP contribution in [0.1, 0.15) is 37.9 Å². The molecule has 6 heteroatoms. The molecule has 0 saturated heterocycles. The van der Waals surface area contributed by atoms with Crippen molar-refractivity contribution in [3.05, 3.63) is 64.8 Å². The van der Waals surface area contributed by atoms with Gasteiger partial charge < -0.3 is 9.47 Å². The topological polar surface area (TPSA) is 53.3 Å². The van der Waals surface area contributed by atoms with Crippen LogP contribution in [-0.4, -0.2) is 29.0 Å². The number of para-hydroxylation sites is 2. The molecule has 162 valence electrons. The van der Waals surface area contributed by atoms with E-state index in [9.17, 15) is 4.79 Å². The van der Waals surface area contributed by atoms with Gasteiger partial charge in [0.1, 0.15) is 17.5 Å². The number of benzene rings is 2. The second kappa shape index (κ2) is 9.15. The van der Waals surface area contributed by atoms with Crippen molar-refractivity contribution in [3.8, 4) is 22.7 Å². The van der Waals surface area contributed by atoms with Crippen molar-refractivity contribution >= 4 is 17.6 Å². The van der Waals surface area contributed by atoms with Crippen molar-refractivity contribution in [2.75, 3.05) is 7.11 Å². The molecular formula is C25H27ClN2O3. The Bertz CT molecular complexity index is 1070. The number of carbonyl (C=O) groups is 1. The molecule has 1 aliphatic rings. The minimum atomic E-state index is -0.178. The van der Waals surface area contributed by atoms with E-state index >= 15 is 0 Å². The van der Waals surface area contributed by atoms with Crippen LogP contribution in [0.2, 0.25) is 5.02 Å². The summed E-state index contributed by atoms with van der Waals surface area (Å²) >= 11 is 6.13. The molecule has 1 aliphatic carbocycles. The Morgan fingerprint density at radius 2 is 1.94 bits per heavy atom. The van der Waals surface area contributed by atoms with Crippen molar-refractivity contribution in [1.82, 2.24) is 9.78 Å². The lowest BCUT2D eigenvalue weighted by Gasteiger charge is -2.17. The first-order valence-electron chi connectivity index (χ1n) is 10.7. The van der Waals surface area contributed by atoms with Gasteiger partial charge >= 0.3 is 5.97 Å². The Balaban J connectivity index is 1.71. The second-order valence-corrected chi connectivity index (χ2v) is 8.46. The number of methoxy groups -OCH3 is 1. The highest BCUT2D eigenvalue weighted by Gasteiger charge is 2.33. The summed E-state index contributed by atoms with van der Waals surface area (Å²) < 4.78 is 13.4. The Morgan fingerprint density at radius 1 is 1.19 bits per heavy atom. The summed E-state index contributed by atoms with van der Waals surface area (Å²) in [5, 5.41) is 5.60. The minimum Gasteiger partial charge on any atom is -0.494 e. The number of carbonyl (C=O) groups excluding carboxylic acids is 1. The number of ether oxygens (including phenoxy) is 2. The number of rotatable bonds is 7. The van der Waals surface area contributed by atoms with E-state index in [1.54, 1.807) is 7.11 Å². The van der Waals surface area contributed by atoms with E-state index in [0.717, 1.165) is 46.8 Å². The van der Waals surface area contributed by atoms with Gasteiger partial charge in [0.05, 0.1) is 24.4 Å². The molecule has 2 aromatic carbocycles. The lowest BCUT2D eigenvalue weighted by atomic mass is 10.1. The third-order valence-corrected chi connectivity index (χ3v) is 6.01. The molecular weight excluding hydrogens is 412 g/mol. The molecule has 0 aliphatic heterocycles. The molecule has 2 atom stereocenters. The number of hydrogen-bond donors (Lipinski definition) is 0. The van der Waals surface area contributed by atoms with Gasteiger partial charge in [-0.15, -0.1) is 0 Å². The highest BCUT2D eigenvalue weighted by molar-refractivity contribution is 6.30. The summed E-state index contributed by atoms with van der Waals surface area (Å²) in [6, 6.07) is 15.6. The summed E-state index contributed by atoms with van der Waals surface area (Å²) in [6.45, 7) is 4.01. The SMILES string of the molecule is CCCC(C)C(=O)O[C@@H]1Cc2nn(-c3ccccc3OC)c(-c3ccc(Cl)cc3)c2C1. The van der Waals surface area contributed by atoms with Gasteiger partial charge in [0.2, 0.25) is 0 Å².